The normalized spacial score (nSPS) is 31.0. The van der Waals surface area contributed by atoms with Gasteiger partial charge in [0.2, 0.25) is 6.29 Å². The molecule has 0 spiro atoms. The molecular formula is C18H29NO4. The van der Waals surface area contributed by atoms with Crippen molar-refractivity contribution in [3.05, 3.63) is 11.8 Å². The van der Waals surface area contributed by atoms with E-state index in [0.717, 1.165) is 25.9 Å². The van der Waals surface area contributed by atoms with Crippen molar-refractivity contribution in [2.24, 2.45) is 17.8 Å². The van der Waals surface area contributed by atoms with E-state index in [9.17, 15) is 9.90 Å². The second-order valence-corrected chi connectivity index (χ2v) is 6.92. The highest BCUT2D eigenvalue weighted by molar-refractivity contribution is 5.93. The average Bonchev–Trinajstić information content (AvgIpc) is 3.27. The monoisotopic (exact) mass is 323 g/mol. The van der Waals surface area contributed by atoms with E-state index in [2.05, 4.69) is 6.08 Å². The molecule has 5 heteroatoms. The van der Waals surface area contributed by atoms with Crippen molar-refractivity contribution in [3.63, 3.8) is 0 Å². The van der Waals surface area contributed by atoms with Gasteiger partial charge in [0.1, 0.15) is 0 Å². The van der Waals surface area contributed by atoms with Crippen LogP contribution in [0.3, 0.4) is 0 Å². The number of amides is 1. The van der Waals surface area contributed by atoms with Gasteiger partial charge in [0.05, 0.1) is 0 Å². The molecule has 130 valence electrons. The quantitative estimate of drug-likeness (QED) is 0.730. The summed E-state index contributed by atoms with van der Waals surface area (Å²) in [6, 6.07) is 0. The van der Waals surface area contributed by atoms with Crippen molar-refractivity contribution in [1.82, 2.24) is 4.90 Å². The molecule has 5 nitrogen and oxygen atoms in total. The molecule has 1 saturated heterocycles. The third-order valence-corrected chi connectivity index (χ3v) is 5.35. The van der Waals surface area contributed by atoms with E-state index in [4.69, 9.17) is 9.47 Å². The highest BCUT2D eigenvalue weighted by Gasteiger charge is 2.42. The first-order valence-corrected chi connectivity index (χ1v) is 9.14. The Hall–Kier alpha value is -1.07. The van der Waals surface area contributed by atoms with Crippen LogP contribution < -0.4 is 0 Å². The van der Waals surface area contributed by atoms with Crippen molar-refractivity contribution in [2.75, 3.05) is 26.3 Å². The molecule has 1 aliphatic carbocycles. The van der Waals surface area contributed by atoms with Crippen molar-refractivity contribution < 1.29 is 19.4 Å². The zero-order valence-corrected chi connectivity index (χ0v) is 14.1. The van der Waals surface area contributed by atoms with Gasteiger partial charge in [-0.15, -0.1) is 0 Å². The van der Waals surface area contributed by atoms with Gasteiger partial charge >= 0.3 is 0 Å². The molecule has 0 aromatic carbocycles. The molecule has 1 saturated carbocycles. The number of hydrogen-bond donors (Lipinski definition) is 1. The Balaban J connectivity index is 1.82. The van der Waals surface area contributed by atoms with Gasteiger partial charge in [-0.3, -0.25) is 4.79 Å². The first-order valence-electron chi connectivity index (χ1n) is 9.14. The van der Waals surface area contributed by atoms with Crippen LogP contribution in [0.4, 0.5) is 0 Å². The van der Waals surface area contributed by atoms with E-state index < -0.39 is 0 Å². The number of nitrogens with zero attached hydrogens (tertiary/aromatic N) is 1. The molecule has 2 fully saturated rings. The average molecular weight is 323 g/mol. The summed E-state index contributed by atoms with van der Waals surface area (Å²) in [6.45, 7) is 4.39. The Morgan fingerprint density at radius 2 is 2.13 bits per heavy atom. The lowest BCUT2D eigenvalue weighted by Gasteiger charge is -2.39. The fourth-order valence-electron chi connectivity index (χ4n) is 4.07. The van der Waals surface area contributed by atoms with Crippen LogP contribution in [0.15, 0.2) is 11.8 Å². The van der Waals surface area contributed by atoms with Gasteiger partial charge < -0.3 is 19.5 Å². The van der Waals surface area contributed by atoms with E-state index in [1.807, 2.05) is 6.92 Å². The lowest BCUT2D eigenvalue weighted by atomic mass is 9.76. The Morgan fingerprint density at radius 1 is 1.39 bits per heavy atom. The molecular weight excluding hydrogens is 294 g/mol. The van der Waals surface area contributed by atoms with Gasteiger partial charge in [-0.1, -0.05) is 12.8 Å². The van der Waals surface area contributed by atoms with Crippen LogP contribution in [-0.4, -0.2) is 48.5 Å². The summed E-state index contributed by atoms with van der Waals surface area (Å²) in [5.41, 5.74) is 0. The zero-order chi connectivity index (χ0) is 16.2. The predicted octanol–water partition coefficient (Wildman–Crippen LogP) is 2.30. The molecule has 3 atom stereocenters. The van der Waals surface area contributed by atoms with Crippen molar-refractivity contribution in [1.29, 1.82) is 0 Å². The predicted molar refractivity (Wildman–Crippen MR) is 86.4 cm³/mol. The molecule has 0 radical (unpaired) electrons. The third-order valence-electron chi connectivity index (χ3n) is 5.35. The number of hydrogen-bond acceptors (Lipinski definition) is 4. The minimum absolute atomic E-state index is 0.0123. The molecule has 3 rings (SSSR count). The number of carbonyl (C=O) groups is 1. The molecule has 0 aromatic rings. The minimum atomic E-state index is -0.360. The maximum absolute atomic E-state index is 12.4. The molecule has 0 bridgehead atoms. The van der Waals surface area contributed by atoms with Crippen LogP contribution in [-0.2, 0) is 14.3 Å². The standard InChI is InChI=1S/C18H29NO4/c1-2-22-18-14(8-5-11-20)15(13-6-3-4-7-13)12-16(23-18)17(21)19-9-10-19/h12-15,18,20H,2-11H2,1H3/t14-,15+,18+/m0/s1. The zero-order valence-electron chi connectivity index (χ0n) is 14.1. The minimum Gasteiger partial charge on any atom is -0.459 e. The number of ether oxygens (including phenoxy) is 2. The molecule has 2 heterocycles. The summed E-state index contributed by atoms with van der Waals surface area (Å²) >= 11 is 0. The molecule has 1 amide bonds. The molecule has 3 aliphatic rings. The fraction of sp³-hybridized carbons (Fsp3) is 0.833. The first kappa shape index (κ1) is 16.8. The van der Waals surface area contributed by atoms with Crippen LogP contribution in [0.2, 0.25) is 0 Å². The number of aliphatic hydroxyl groups is 1. The SMILES string of the molecule is CCO[C@@H]1OC(C(=O)N2CC2)=C[C@H](C2CCCC2)[C@@H]1CCCO. The molecule has 0 unspecified atom stereocenters. The highest BCUT2D eigenvalue weighted by atomic mass is 16.7. The third kappa shape index (κ3) is 3.89. The van der Waals surface area contributed by atoms with Crippen LogP contribution in [0, 0.1) is 17.8 Å². The van der Waals surface area contributed by atoms with Crippen molar-refractivity contribution in [2.45, 2.75) is 51.7 Å². The largest absolute Gasteiger partial charge is 0.459 e. The number of allylic oxidation sites excluding steroid dienone is 1. The molecule has 1 N–H and O–H groups in total. The van der Waals surface area contributed by atoms with Gasteiger partial charge in [-0.25, -0.2) is 0 Å². The van der Waals surface area contributed by atoms with Crippen molar-refractivity contribution >= 4 is 5.91 Å². The topological polar surface area (TPSA) is 58.8 Å². The Kier molecular flexibility index (Phi) is 5.59. The smallest absolute Gasteiger partial charge is 0.288 e. The summed E-state index contributed by atoms with van der Waals surface area (Å²) in [6.07, 6.45) is 8.35. The highest BCUT2D eigenvalue weighted by Crippen LogP contribution is 2.43. The Morgan fingerprint density at radius 3 is 2.74 bits per heavy atom. The molecule has 2 aliphatic heterocycles. The summed E-state index contributed by atoms with van der Waals surface area (Å²) in [5.74, 6) is 1.67. The number of aliphatic hydroxyl groups excluding tert-OH is 1. The first-order chi connectivity index (χ1) is 11.2. The summed E-state index contributed by atoms with van der Waals surface area (Å²) < 4.78 is 11.8. The van der Waals surface area contributed by atoms with E-state index in [0.29, 0.717) is 24.2 Å². The van der Waals surface area contributed by atoms with E-state index >= 15 is 0 Å². The lowest BCUT2D eigenvalue weighted by molar-refractivity contribution is -0.177. The molecule has 0 aromatic heterocycles. The van der Waals surface area contributed by atoms with Crippen LogP contribution >= 0.6 is 0 Å². The van der Waals surface area contributed by atoms with Crippen LogP contribution in [0.5, 0.6) is 0 Å². The van der Waals surface area contributed by atoms with Crippen LogP contribution in [0.1, 0.15) is 45.4 Å². The number of rotatable bonds is 7. The fourth-order valence-corrected chi connectivity index (χ4v) is 4.07. The Labute approximate surface area is 138 Å². The van der Waals surface area contributed by atoms with Gasteiger partial charge in [0, 0.05) is 32.2 Å². The van der Waals surface area contributed by atoms with Gasteiger partial charge in [0.15, 0.2) is 5.76 Å². The van der Waals surface area contributed by atoms with E-state index in [1.165, 1.54) is 25.7 Å². The lowest BCUT2D eigenvalue weighted by Crippen LogP contribution is -2.40. The van der Waals surface area contributed by atoms with E-state index in [1.54, 1.807) is 4.90 Å². The van der Waals surface area contributed by atoms with Gasteiger partial charge in [-0.05, 0) is 50.5 Å². The molecule has 23 heavy (non-hydrogen) atoms. The second kappa shape index (κ2) is 7.67. The van der Waals surface area contributed by atoms with Gasteiger partial charge in [-0.2, -0.15) is 0 Å². The van der Waals surface area contributed by atoms with Gasteiger partial charge in [0.25, 0.3) is 5.91 Å². The maximum atomic E-state index is 12.4. The number of carbonyl (C=O) groups excluding carboxylic acids is 1. The van der Waals surface area contributed by atoms with E-state index in [-0.39, 0.29) is 24.7 Å². The summed E-state index contributed by atoms with van der Waals surface area (Å²) in [4.78, 5) is 14.2. The summed E-state index contributed by atoms with van der Waals surface area (Å²) in [5, 5.41) is 9.23. The Bertz CT molecular complexity index is 440. The van der Waals surface area contributed by atoms with Crippen LogP contribution in [0.25, 0.3) is 0 Å². The second-order valence-electron chi connectivity index (χ2n) is 6.92. The van der Waals surface area contributed by atoms with Crippen molar-refractivity contribution in [3.8, 4) is 0 Å². The summed E-state index contributed by atoms with van der Waals surface area (Å²) in [7, 11) is 0. The maximum Gasteiger partial charge on any atom is 0.288 e.